The number of allylic oxidation sites excluding steroid dienone is 5. The van der Waals surface area contributed by atoms with Gasteiger partial charge < -0.3 is 18.9 Å². The molecule has 2 aliphatic rings. The van der Waals surface area contributed by atoms with E-state index in [-0.39, 0.29) is 35.2 Å². The first-order valence-corrected chi connectivity index (χ1v) is 11.8. The molecule has 1 heterocycles. The fourth-order valence-electron chi connectivity index (χ4n) is 4.62. The highest BCUT2D eigenvalue weighted by Gasteiger charge is 2.45. The van der Waals surface area contributed by atoms with E-state index >= 15 is 0 Å². The van der Waals surface area contributed by atoms with Crippen molar-refractivity contribution < 1.29 is 28.5 Å². The maximum Gasteiger partial charge on any atom is 0.303 e. The molecule has 0 saturated carbocycles. The summed E-state index contributed by atoms with van der Waals surface area (Å²) in [6, 6.07) is 0. The molecule has 6 heteroatoms. The van der Waals surface area contributed by atoms with Crippen molar-refractivity contribution in [2.45, 2.75) is 78.9 Å². The SMILES string of the molecule is C=C1OC(C/C(C)=C/CC/C(C)=C/C[C@@H]2[C@@H](C)C(=O)C(OC)=C(OC)[C@@H]2OC(C)=O)CC1C. The lowest BCUT2D eigenvalue weighted by Crippen LogP contribution is -2.42. The van der Waals surface area contributed by atoms with Crippen LogP contribution in [-0.4, -0.2) is 38.2 Å². The molecular formula is C27H40O6. The van der Waals surface area contributed by atoms with Gasteiger partial charge in [0.2, 0.25) is 11.5 Å². The van der Waals surface area contributed by atoms with Crippen molar-refractivity contribution in [1.29, 1.82) is 0 Å². The number of ether oxygens (including phenoxy) is 4. The first-order valence-electron chi connectivity index (χ1n) is 11.8. The first kappa shape index (κ1) is 26.7. The molecular weight excluding hydrogens is 420 g/mol. The Kier molecular flexibility index (Phi) is 9.81. The number of hydrogen-bond acceptors (Lipinski definition) is 6. The minimum absolute atomic E-state index is 0.126. The molecule has 2 rings (SSSR count). The van der Waals surface area contributed by atoms with Crippen molar-refractivity contribution in [3.8, 4) is 0 Å². The van der Waals surface area contributed by atoms with Gasteiger partial charge in [-0.05, 0) is 39.5 Å². The lowest BCUT2D eigenvalue weighted by molar-refractivity contribution is -0.153. The van der Waals surface area contributed by atoms with Gasteiger partial charge in [-0.25, -0.2) is 0 Å². The molecule has 5 atom stereocenters. The smallest absolute Gasteiger partial charge is 0.303 e. The molecule has 0 N–H and O–H groups in total. The van der Waals surface area contributed by atoms with Crippen LogP contribution in [0.1, 0.15) is 66.7 Å². The van der Waals surface area contributed by atoms with Gasteiger partial charge in [0.1, 0.15) is 6.10 Å². The molecule has 0 amide bonds. The Morgan fingerprint density at radius 3 is 2.36 bits per heavy atom. The minimum atomic E-state index is -0.648. The van der Waals surface area contributed by atoms with Gasteiger partial charge >= 0.3 is 5.97 Å². The van der Waals surface area contributed by atoms with Gasteiger partial charge in [0.25, 0.3) is 0 Å². The molecule has 1 aliphatic carbocycles. The van der Waals surface area contributed by atoms with E-state index in [1.165, 1.54) is 32.3 Å². The van der Waals surface area contributed by atoms with Crippen LogP contribution >= 0.6 is 0 Å². The van der Waals surface area contributed by atoms with Crippen LogP contribution in [0.4, 0.5) is 0 Å². The van der Waals surface area contributed by atoms with Gasteiger partial charge in [0, 0.05) is 31.1 Å². The molecule has 2 unspecified atom stereocenters. The molecule has 1 saturated heterocycles. The molecule has 0 aromatic carbocycles. The minimum Gasteiger partial charge on any atom is -0.495 e. The fourth-order valence-corrected chi connectivity index (χ4v) is 4.62. The number of carbonyl (C=O) groups is 2. The monoisotopic (exact) mass is 460 g/mol. The van der Waals surface area contributed by atoms with Gasteiger partial charge in [-0.3, -0.25) is 9.59 Å². The summed E-state index contributed by atoms with van der Waals surface area (Å²) >= 11 is 0. The third-order valence-corrected chi connectivity index (χ3v) is 6.67. The van der Waals surface area contributed by atoms with Crippen LogP contribution in [0.25, 0.3) is 0 Å². The van der Waals surface area contributed by atoms with Crippen LogP contribution in [-0.2, 0) is 28.5 Å². The second-order valence-corrected chi connectivity index (χ2v) is 9.37. The number of esters is 1. The van der Waals surface area contributed by atoms with Crippen LogP contribution < -0.4 is 0 Å². The summed E-state index contributed by atoms with van der Waals surface area (Å²) in [6.45, 7) is 13.6. The molecule has 1 aliphatic heterocycles. The van der Waals surface area contributed by atoms with E-state index in [1.807, 2.05) is 6.92 Å². The average Bonchev–Trinajstić information content (AvgIpc) is 3.06. The summed E-state index contributed by atoms with van der Waals surface area (Å²) in [5.74, 6) is 0.662. The molecule has 0 aromatic rings. The van der Waals surface area contributed by atoms with Gasteiger partial charge in [-0.1, -0.05) is 43.7 Å². The zero-order chi connectivity index (χ0) is 24.7. The predicted octanol–water partition coefficient (Wildman–Crippen LogP) is 5.65. The summed E-state index contributed by atoms with van der Waals surface area (Å²) in [5.41, 5.74) is 2.57. The summed E-state index contributed by atoms with van der Waals surface area (Å²) in [6.07, 6.45) is 8.46. The van der Waals surface area contributed by atoms with E-state index in [0.29, 0.717) is 12.3 Å². The number of ketones is 1. The van der Waals surface area contributed by atoms with Crippen LogP contribution in [0.15, 0.2) is 47.2 Å². The van der Waals surface area contributed by atoms with Crippen molar-refractivity contribution in [2.24, 2.45) is 17.8 Å². The van der Waals surface area contributed by atoms with Crippen molar-refractivity contribution >= 4 is 11.8 Å². The molecule has 0 aromatic heterocycles. The van der Waals surface area contributed by atoms with Gasteiger partial charge in [0.15, 0.2) is 11.9 Å². The topological polar surface area (TPSA) is 71.1 Å². The van der Waals surface area contributed by atoms with Crippen molar-refractivity contribution in [2.75, 3.05) is 14.2 Å². The summed E-state index contributed by atoms with van der Waals surface area (Å²) in [7, 11) is 2.90. The molecule has 1 fully saturated rings. The highest BCUT2D eigenvalue weighted by molar-refractivity contribution is 5.97. The summed E-state index contributed by atoms with van der Waals surface area (Å²) in [5, 5.41) is 0. The average molecular weight is 461 g/mol. The molecule has 33 heavy (non-hydrogen) atoms. The third kappa shape index (κ3) is 6.99. The number of methoxy groups -OCH3 is 2. The van der Waals surface area contributed by atoms with Crippen LogP contribution in [0.3, 0.4) is 0 Å². The van der Waals surface area contributed by atoms with Crippen molar-refractivity contribution in [3.05, 3.63) is 47.2 Å². The van der Waals surface area contributed by atoms with E-state index in [1.54, 1.807) is 0 Å². The van der Waals surface area contributed by atoms with Crippen molar-refractivity contribution in [1.82, 2.24) is 0 Å². The fraction of sp³-hybridized carbons (Fsp3) is 0.630. The lowest BCUT2D eigenvalue weighted by atomic mass is 9.77. The zero-order valence-corrected chi connectivity index (χ0v) is 21.2. The van der Waals surface area contributed by atoms with Gasteiger partial charge in [0.05, 0.1) is 20.0 Å². The maximum absolute atomic E-state index is 12.8. The predicted molar refractivity (Wildman–Crippen MR) is 128 cm³/mol. The highest BCUT2D eigenvalue weighted by Crippen LogP contribution is 2.37. The van der Waals surface area contributed by atoms with Crippen LogP contribution in [0.2, 0.25) is 0 Å². The number of hydrogen-bond donors (Lipinski definition) is 0. The lowest BCUT2D eigenvalue weighted by Gasteiger charge is -2.35. The van der Waals surface area contributed by atoms with Crippen LogP contribution in [0, 0.1) is 17.8 Å². The second-order valence-electron chi connectivity index (χ2n) is 9.37. The molecule has 184 valence electrons. The van der Waals surface area contributed by atoms with Crippen molar-refractivity contribution in [3.63, 3.8) is 0 Å². The van der Waals surface area contributed by atoms with E-state index in [2.05, 4.69) is 39.5 Å². The Labute approximate surface area is 198 Å². The quantitative estimate of drug-likeness (QED) is 0.310. The van der Waals surface area contributed by atoms with Gasteiger partial charge in [-0.15, -0.1) is 0 Å². The molecule has 6 nitrogen and oxygen atoms in total. The Morgan fingerprint density at radius 1 is 1.12 bits per heavy atom. The first-order chi connectivity index (χ1) is 15.6. The van der Waals surface area contributed by atoms with E-state index in [4.69, 9.17) is 18.9 Å². The second kappa shape index (κ2) is 12.1. The largest absolute Gasteiger partial charge is 0.495 e. The standard InChI is InChI=1S/C27H40O6/c1-16(10-9-11-17(2)14-22-15-18(3)20(5)32-22)12-13-23-19(4)24(29)26(30-7)27(31-8)25(23)33-21(6)28/h11-12,18-19,22-23,25H,5,9-10,13-15H2,1-4,6-8H3/b16-12+,17-11+/t18?,19-,22?,23-,25-/m1/s1. The number of carbonyl (C=O) groups excluding carboxylic acids is 2. The summed E-state index contributed by atoms with van der Waals surface area (Å²) in [4.78, 5) is 24.5. The third-order valence-electron chi connectivity index (χ3n) is 6.67. The Bertz CT molecular complexity index is 834. The number of Topliss-reactive ketones (excluding diaryl/α,β-unsaturated/α-hetero) is 1. The van der Waals surface area contributed by atoms with E-state index < -0.39 is 12.1 Å². The van der Waals surface area contributed by atoms with E-state index in [9.17, 15) is 9.59 Å². The highest BCUT2D eigenvalue weighted by atomic mass is 16.6. The van der Waals surface area contributed by atoms with Crippen LogP contribution in [0.5, 0.6) is 0 Å². The normalized spacial score (nSPS) is 28.6. The molecule has 0 spiro atoms. The Morgan fingerprint density at radius 2 is 1.82 bits per heavy atom. The molecule has 0 bridgehead atoms. The van der Waals surface area contributed by atoms with E-state index in [0.717, 1.165) is 31.4 Å². The Hall–Kier alpha value is -2.50. The molecule has 0 radical (unpaired) electrons. The zero-order valence-electron chi connectivity index (χ0n) is 21.2. The maximum atomic E-state index is 12.8. The summed E-state index contributed by atoms with van der Waals surface area (Å²) < 4.78 is 22.1. The number of rotatable bonds is 10. The van der Waals surface area contributed by atoms with Gasteiger partial charge in [-0.2, -0.15) is 0 Å². The Balaban J connectivity index is 2.00.